The van der Waals surface area contributed by atoms with Crippen molar-refractivity contribution in [2.45, 2.75) is 103 Å². The molecular formula is C36H44N4. The van der Waals surface area contributed by atoms with Crippen molar-refractivity contribution in [2.24, 2.45) is 0 Å². The Morgan fingerprint density at radius 3 is 1.77 bits per heavy atom. The molecule has 3 aromatic heterocycles. The molecule has 5 heterocycles. The minimum Gasteiger partial charge on any atom is -0.355 e. The lowest BCUT2D eigenvalue weighted by Gasteiger charge is -2.22. The minimum absolute atomic E-state index is 0.575. The number of fused-ring (bicyclic) bond motifs is 8. The highest BCUT2D eigenvalue weighted by atomic mass is 14.8. The summed E-state index contributed by atoms with van der Waals surface area (Å²) in [5.41, 5.74) is 11.5. The van der Waals surface area contributed by atoms with Gasteiger partial charge in [-0.3, -0.25) is 0 Å². The first-order valence-corrected chi connectivity index (χ1v) is 15.9. The third-order valence-electron chi connectivity index (χ3n) is 8.84. The lowest BCUT2D eigenvalue weighted by atomic mass is 9.84. The third kappa shape index (κ3) is 6.32. The summed E-state index contributed by atoms with van der Waals surface area (Å²) in [6, 6.07) is 13.3. The summed E-state index contributed by atoms with van der Waals surface area (Å²) in [4.78, 5) is 17.6. The van der Waals surface area contributed by atoms with Crippen LogP contribution in [0.5, 0.6) is 0 Å². The molecule has 1 saturated carbocycles. The average molecular weight is 533 g/mol. The predicted molar refractivity (Wildman–Crippen MR) is 171 cm³/mol. The molecule has 6 rings (SSSR count). The van der Waals surface area contributed by atoms with Crippen LogP contribution in [-0.2, 0) is 6.42 Å². The molecule has 1 aliphatic carbocycles. The van der Waals surface area contributed by atoms with Crippen LogP contribution in [0, 0.1) is 0 Å². The maximum atomic E-state index is 5.08. The van der Waals surface area contributed by atoms with Gasteiger partial charge >= 0.3 is 0 Å². The lowest BCUT2D eigenvalue weighted by molar-refractivity contribution is 0.446. The second kappa shape index (κ2) is 12.8. The van der Waals surface area contributed by atoms with Crippen molar-refractivity contribution in [3.63, 3.8) is 0 Å². The van der Waals surface area contributed by atoms with E-state index in [1.165, 1.54) is 106 Å². The van der Waals surface area contributed by atoms with Gasteiger partial charge in [-0.1, -0.05) is 71.1 Å². The largest absolute Gasteiger partial charge is 0.355 e. The van der Waals surface area contributed by atoms with Gasteiger partial charge in [-0.2, -0.15) is 0 Å². The zero-order chi connectivity index (χ0) is 27.1. The zero-order valence-corrected chi connectivity index (χ0v) is 24.1. The van der Waals surface area contributed by atoms with Gasteiger partial charge in [-0.15, -0.1) is 0 Å². The van der Waals surface area contributed by atoms with E-state index in [-0.39, 0.29) is 0 Å². The third-order valence-corrected chi connectivity index (χ3v) is 8.84. The maximum absolute atomic E-state index is 5.08. The molecule has 4 heteroatoms. The summed E-state index contributed by atoms with van der Waals surface area (Å²) in [5.74, 6) is 0.575. The van der Waals surface area contributed by atoms with Gasteiger partial charge in [0.2, 0.25) is 0 Å². The Bertz CT molecular complexity index is 1430. The van der Waals surface area contributed by atoms with Crippen LogP contribution in [0.1, 0.15) is 130 Å². The van der Waals surface area contributed by atoms with Crippen molar-refractivity contribution in [2.75, 3.05) is 0 Å². The molecule has 0 spiro atoms. The van der Waals surface area contributed by atoms with Crippen molar-refractivity contribution in [1.82, 2.24) is 19.9 Å². The molecule has 0 radical (unpaired) electrons. The lowest BCUT2D eigenvalue weighted by Crippen LogP contribution is -2.05. The van der Waals surface area contributed by atoms with E-state index in [1.807, 2.05) is 0 Å². The summed E-state index contributed by atoms with van der Waals surface area (Å²) in [5, 5.41) is 0. The minimum atomic E-state index is 0.575. The van der Waals surface area contributed by atoms with Gasteiger partial charge in [0, 0.05) is 33.2 Å². The molecule has 0 atom stereocenters. The zero-order valence-electron chi connectivity index (χ0n) is 24.1. The van der Waals surface area contributed by atoms with Crippen LogP contribution in [0.4, 0.5) is 0 Å². The number of unbranched alkanes of at least 4 members (excludes halogenated alkanes) is 7. The number of aromatic amines is 2. The van der Waals surface area contributed by atoms with Crippen LogP contribution in [0.2, 0.25) is 0 Å². The summed E-state index contributed by atoms with van der Waals surface area (Å²) in [6.07, 6.45) is 26.7. The summed E-state index contributed by atoms with van der Waals surface area (Å²) in [6.45, 7) is 2.28. The maximum Gasteiger partial charge on any atom is 0.0691 e. The number of aromatic nitrogens is 4. The van der Waals surface area contributed by atoms with Crippen LogP contribution in [0.25, 0.3) is 46.4 Å². The number of hydrogen-bond donors (Lipinski definition) is 2. The van der Waals surface area contributed by atoms with Crippen molar-refractivity contribution >= 4 is 46.4 Å². The van der Waals surface area contributed by atoms with Gasteiger partial charge in [0.05, 0.1) is 22.8 Å². The van der Waals surface area contributed by atoms with Crippen LogP contribution in [0.3, 0.4) is 0 Å². The molecule has 8 bridgehead atoms. The van der Waals surface area contributed by atoms with Crippen molar-refractivity contribution in [3.8, 4) is 0 Å². The fourth-order valence-corrected chi connectivity index (χ4v) is 6.68. The molecule has 0 saturated heterocycles. The number of rotatable bonds is 10. The van der Waals surface area contributed by atoms with Gasteiger partial charge in [0.25, 0.3) is 0 Å². The average Bonchev–Trinajstić information content (AvgIpc) is 3.79. The van der Waals surface area contributed by atoms with Gasteiger partial charge in [0.1, 0.15) is 0 Å². The highest BCUT2D eigenvalue weighted by Crippen LogP contribution is 2.36. The van der Waals surface area contributed by atoms with E-state index in [1.54, 1.807) is 0 Å². The van der Waals surface area contributed by atoms with Crippen molar-refractivity contribution in [3.05, 3.63) is 70.3 Å². The standard InChI is InChI=1S/C36H44N4/c1-2-3-4-5-6-7-8-12-15-31-32-20-16-27(37-32)24-29-18-22-34(39-29)36(26-13-10-9-11-14-26)35-23-19-30(40-35)25-28-17-21-33(31)38-28/h16-26,39-40H,2-15H2,1H3. The summed E-state index contributed by atoms with van der Waals surface area (Å²) >= 11 is 0. The van der Waals surface area contributed by atoms with Crippen LogP contribution < -0.4 is 0 Å². The molecule has 1 fully saturated rings. The molecule has 0 unspecified atom stereocenters. The van der Waals surface area contributed by atoms with E-state index in [0.29, 0.717) is 5.92 Å². The van der Waals surface area contributed by atoms with E-state index in [0.717, 1.165) is 40.2 Å². The second-order valence-electron chi connectivity index (χ2n) is 11.9. The van der Waals surface area contributed by atoms with Gasteiger partial charge in [-0.05, 0) is 92.3 Å². The smallest absolute Gasteiger partial charge is 0.0691 e. The first-order chi connectivity index (χ1) is 19.8. The molecule has 40 heavy (non-hydrogen) atoms. The SMILES string of the molecule is CCCCCCCCCCc1c2nc(cc3ccc([nH]3)c(C3CCCCC3)c3ccc(cc4nc1C=C4)[nH]3)C=C2. The van der Waals surface area contributed by atoms with E-state index < -0.39 is 0 Å². The summed E-state index contributed by atoms with van der Waals surface area (Å²) in [7, 11) is 0. The van der Waals surface area contributed by atoms with Gasteiger partial charge in [-0.25, -0.2) is 9.97 Å². The van der Waals surface area contributed by atoms with Gasteiger partial charge < -0.3 is 9.97 Å². The fraction of sp³-hybridized carbons (Fsp3) is 0.444. The van der Waals surface area contributed by atoms with Crippen LogP contribution in [-0.4, -0.2) is 19.9 Å². The monoisotopic (exact) mass is 532 g/mol. The Labute approximate surface area is 239 Å². The van der Waals surface area contributed by atoms with Crippen LogP contribution in [0.15, 0.2) is 36.4 Å². The van der Waals surface area contributed by atoms with E-state index in [2.05, 4.69) is 77.6 Å². The van der Waals surface area contributed by atoms with Crippen molar-refractivity contribution < 1.29 is 0 Å². The predicted octanol–water partition coefficient (Wildman–Crippen LogP) is 10.4. The molecule has 4 nitrogen and oxygen atoms in total. The molecule has 208 valence electrons. The summed E-state index contributed by atoms with van der Waals surface area (Å²) < 4.78 is 0. The fourth-order valence-electron chi connectivity index (χ4n) is 6.68. The first-order valence-electron chi connectivity index (χ1n) is 15.9. The Morgan fingerprint density at radius 2 is 1.20 bits per heavy atom. The quantitative estimate of drug-likeness (QED) is 0.176. The number of hydrogen-bond acceptors (Lipinski definition) is 2. The number of nitrogens with one attached hydrogen (secondary N) is 2. The van der Waals surface area contributed by atoms with E-state index in [4.69, 9.17) is 9.97 Å². The van der Waals surface area contributed by atoms with Crippen LogP contribution >= 0.6 is 0 Å². The molecule has 3 aromatic rings. The first kappa shape index (κ1) is 26.8. The molecule has 0 amide bonds. The molecule has 0 aromatic carbocycles. The highest BCUT2D eigenvalue weighted by molar-refractivity contribution is 5.80. The normalized spacial score (nSPS) is 15.2. The van der Waals surface area contributed by atoms with Crippen molar-refractivity contribution in [1.29, 1.82) is 0 Å². The second-order valence-corrected chi connectivity index (χ2v) is 11.9. The molecule has 3 aliphatic rings. The molecule has 2 N–H and O–H groups in total. The van der Waals surface area contributed by atoms with E-state index in [9.17, 15) is 0 Å². The highest BCUT2D eigenvalue weighted by Gasteiger charge is 2.19. The Kier molecular flexibility index (Phi) is 8.61. The Hall–Kier alpha value is -3.40. The van der Waals surface area contributed by atoms with Gasteiger partial charge in [0.15, 0.2) is 0 Å². The van der Waals surface area contributed by atoms with E-state index >= 15 is 0 Å². The Balaban J connectivity index is 1.38. The molecular weight excluding hydrogens is 488 g/mol. The topological polar surface area (TPSA) is 57.4 Å². The number of H-pyrrole nitrogens is 2. The number of nitrogens with zero attached hydrogens (tertiary/aromatic N) is 2. The Morgan fingerprint density at radius 1 is 0.650 bits per heavy atom. The molecule has 2 aliphatic heterocycles.